The van der Waals surface area contributed by atoms with Gasteiger partial charge in [0.25, 0.3) is 5.69 Å². The molecule has 0 aliphatic rings. The Morgan fingerprint density at radius 2 is 1.94 bits per heavy atom. The Morgan fingerprint density at radius 3 is 2.39 bits per heavy atom. The largest absolute Gasteiger partial charge is 0.383 e. The molecule has 0 fully saturated rings. The van der Waals surface area contributed by atoms with E-state index in [1.807, 2.05) is 0 Å². The second-order valence-corrected chi connectivity index (χ2v) is 6.04. The number of benzene rings is 1. The molecule has 6 nitrogen and oxygen atoms in total. The lowest BCUT2D eigenvalue weighted by Gasteiger charge is -2.05. The third kappa shape index (κ3) is 3.56. The van der Waals surface area contributed by atoms with E-state index < -0.39 is 14.8 Å². The van der Waals surface area contributed by atoms with Crippen molar-refractivity contribution in [1.29, 1.82) is 0 Å². The minimum atomic E-state index is -3.45. The summed E-state index contributed by atoms with van der Waals surface area (Å²) < 4.78 is 22.7. The van der Waals surface area contributed by atoms with Gasteiger partial charge in [-0.1, -0.05) is 0 Å². The maximum absolute atomic E-state index is 11.3. The van der Waals surface area contributed by atoms with E-state index >= 15 is 0 Å². The summed E-state index contributed by atoms with van der Waals surface area (Å²) in [6.07, 6.45) is 4.23. The third-order valence-electron chi connectivity index (χ3n) is 2.18. The topological polar surface area (TPSA) is 80.5 Å². The van der Waals surface area contributed by atoms with Crippen LogP contribution in [-0.2, 0) is 9.84 Å². The highest BCUT2D eigenvalue weighted by atomic mass is 32.2. The molecule has 0 saturated carbocycles. The monoisotopic (exact) mass is 270 g/mol. The molecule has 1 rings (SSSR count). The summed E-state index contributed by atoms with van der Waals surface area (Å²) in [5, 5.41) is 10.9. The van der Waals surface area contributed by atoms with Crippen LogP contribution in [0.5, 0.6) is 0 Å². The molecule has 0 radical (unpaired) electrons. The molecule has 0 N–H and O–H groups in total. The van der Waals surface area contributed by atoms with Crippen molar-refractivity contribution in [1.82, 2.24) is 4.90 Å². The summed E-state index contributed by atoms with van der Waals surface area (Å²) in [7, 11) is 0.124. The third-order valence-corrected chi connectivity index (χ3v) is 3.29. The molecule has 98 valence electrons. The van der Waals surface area contributed by atoms with E-state index in [0.29, 0.717) is 5.56 Å². The minimum Gasteiger partial charge on any atom is -0.383 e. The highest BCUT2D eigenvalue weighted by molar-refractivity contribution is 7.90. The zero-order valence-electron chi connectivity index (χ0n) is 10.3. The highest BCUT2D eigenvalue weighted by Gasteiger charge is 2.17. The molecule has 0 heterocycles. The van der Waals surface area contributed by atoms with Crippen molar-refractivity contribution in [2.75, 3.05) is 20.4 Å². The molecule has 0 saturated heterocycles. The molecule has 0 atom stereocenters. The van der Waals surface area contributed by atoms with Crippen LogP contribution in [0.1, 0.15) is 5.56 Å². The van der Waals surface area contributed by atoms with Crippen LogP contribution in [0.4, 0.5) is 5.69 Å². The standard InChI is InChI=1S/C11H14N2O4S/c1-12(2)7-6-9-4-5-10(18(3,16)17)8-11(9)13(14)15/h4-8H,1-3H3/b7-6+. The molecule has 1 aromatic rings. The first-order valence-corrected chi connectivity index (χ1v) is 6.94. The SMILES string of the molecule is CN(C)/C=C/c1ccc(S(C)(=O)=O)cc1[N+](=O)[O-]. The van der Waals surface area contributed by atoms with Crippen LogP contribution in [-0.4, -0.2) is 38.6 Å². The van der Waals surface area contributed by atoms with Gasteiger partial charge >= 0.3 is 0 Å². The van der Waals surface area contributed by atoms with Crippen LogP contribution in [0.25, 0.3) is 6.08 Å². The van der Waals surface area contributed by atoms with E-state index in [2.05, 4.69) is 0 Å². The number of nitrogens with zero attached hydrogens (tertiary/aromatic N) is 2. The van der Waals surface area contributed by atoms with E-state index in [1.54, 1.807) is 31.3 Å². The van der Waals surface area contributed by atoms with Gasteiger partial charge in [0.15, 0.2) is 9.84 Å². The fourth-order valence-electron chi connectivity index (χ4n) is 1.28. The second kappa shape index (κ2) is 5.18. The first-order valence-electron chi connectivity index (χ1n) is 5.05. The molecule has 0 aliphatic carbocycles. The fourth-order valence-corrected chi connectivity index (χ4v) is 1.92. The van der Waals surface area contributed by atoms with Crippen LogP contribution < -0.4 is 0 Å². The van der Waals surface area contributed by atoms with Gasteiger partial charge in [-0.2, -0.15) is 0 Å². The Morgan fingerprint density at radius 1 is 1.33 bits per heavy atom. The molecule has 0 spiro atoms. The van der Waals surface area contributed by atoms with Crippen molar-refractivity contribution in [3.05, 3.63) is 40.1 Å². The first-order chi connectivity index (χ1) is 8.21. The van der Waals surface area contributed by atoms with Crippen molar-refractivity contribution in [3.63, 3.8) is 0 Å². The molecule has 0 aliphatic heterocycles. The van der Waals surface area contributed by atoms with Crippen LogP contribution in [0.3, 0.4) is 0 Å². The number of rotatable bonds is 4. The summed E-state index contributed by atoms with van der Waals surface area (Å²) >= 11 is 0. The van der Waals surface area contributed by atoms with E-state index in [1.165, 1.54) is 12.1 Å². The minimum absolute atomic E-state index is 0.0591. The normalized spacial score (nSPS) is 11.7. The summed E-state index contributed by atoms with van der Waals surface area (Å²) in [4.78, 5) is 12.0. The number of sulfone groups is 1. The number of hydrogen-bond acceptors (Lipinski definition) is 5. The highest BCUT2D eigenvalue weighted by Crippen LogP contribution is 2.24. The maximum Gasteiger partial charge on any atom is 0.277 e. The van der Waals surface area contributed by atoms with Gasteiger partial charge in [0, 0.05) is 26.4 Å². The van der Waals surface area contributed by atoms with Crippen molar-refractivity contribution in [2.24, 2.45) is 0 Å². The van der Waals surface area contributed by atoms with Gasteiger partial charge in [-0.3, -0.25) is 10.1 Å². The lowest BCUT2D eigenvalue weighted by Crippen LogP contribution is -2.02. The van der Waals surface area contributed by atoms with Crippen LogP contribution in [0.2, 0.25) is 0 Å². The zero-order valence-corrected chi connectivity index (χ0v) is 11.1. The molecular weight excluding hydrogens is 256 g/mol. The molecule has 18 heavy (non-hydrogen) atoms. The van der Waals surface area contributed by atoms with Gasteiger partial charge in [0.1, 0.15) is 0 Å². The maximum atomic E-state index is 11.3. The Hall–Kier alpha value is -1.89. The molecule has 0 unspecified atom stereocenters. The molecule has 0 amide bonds. The zero-order chi connectivity index (χ0) is 13.9. The van der Waals surface area contributed by atoms with Crippen LogP contribution in [0.15, 0.2) is 29.3 Å². The Labute approximate surface area is 106 Å². The molecule has 0 bridgehead atoms. The van der Waals surface area contributed by atoms with Gasteiger partial charge in [0.05, 0.1) is 15.4 Å². The predicted octanol–water partition coefficient (Wildman–Crippen LogP) is 1.53. The van der Waals surface area contributed by atoms with Crippen molar-refractivity contribution >= 4 is 21.6 Å². The predicted molar refractivity (Wildman–Crippen MR) is 68.9 cm³/mol. The smallest absolute Gasteiger partial charge is 0.277 e. The average molecular weight is 270 g/mol. The van der Waals surface area contributed by atoms with Crippen molar-refractivity contribution in [2.45, 2.75) is 4.90 Å². The van der Waals surface area contributed by atoms with Crippen molar-refractivity contribution < 1.29 is 13.3 Å². The van der Waals surface area contributed by atoms with Crippen LogP contribution in [0, 0.1) is 10.1 Å². The van der Waals surface area contributed by atoms with E-state index in [9.17, 15) is 18.5 Å². The molecular formula is C11H14N2O4S. The van der Waals surface area contributed by atoms with Gasteiger partial charge in [-0.25, -0.2) is 8.42 Å². The summed E-state index contributed by atoms with van der Waals surface area (Å²) in [6, 6.07) is 3.86. The quantitative estimate of drug-likeness (QED) is 0.612. The average Bonchev–Trinajstić information content (AvgIpc) is 2.24. The Bertz CT molecular complexity index is 591. The summed E-state index contributed by atoms with van der Waals surface area (Å²) in [5.41, 5.74) is 0.136. The van der Waals surface area contributed by atoms with Gasteiger partial charge in [-0.05, 0) is 24.4 Å². The van der Waals surface area contributed by atoms with E-state index in [0.717, 1.165) is 12.3 Å². The van der Waals surface area contributed by atoms with Crippen LogP contribution >= 0.6 is 0 Å². The van der Waals surface area contributed by atoms with E-state index in [4.69, 9.17) is 0 Å². The summed E-state index contributed by atoms with van der Waals surface area (Å²) in [6.45, 7) is 0. The lowest BCUT2D eigenvalue weighted by atomic mass is 10.2. The van der Waals surface area contributed by atoms with E-state index in [-0.39, 0.29) is 10.6 Å². The van der Waals surface area contributed by atoms with Gasteiger partial charge in [-0.15, -0.1) is 0 Å². The molecule has 7 heteroatoms. The molecule has 1 aromatic carbocycles. The fraction of sp³-hybridized carbons (Fsp3) is 0.273. The number of hydrogen-bond donors (Lipinski definition) is 0. The molecule has 0 aromatic heterocycles. The Balaban J connectivity index is 3.34. The number of nitro groups is 1. The second-order valence-electron chi connectivity index (χ2n) is 4.03. The summed E-state index contributed by atoms with van der Waals surface area (Å²) in [5.74, 6) is 0. The number of nitro benzene ring substituents is 1. The first kappa shape index (κ1) is 14.2. The van der Waals surface area contributed by atoms with Gasteiger partial charge in [0.2, 0.25) is 0 Å². The van der Waals surface area contributed by atoms with Gasteiger partial charge < -0.3 is 4.90 Å². The Kier molecular flexibility index (Phi) is 4.07. The lowest BCUT2D eigenvalue weighted by molar-refractivity contribution is -0.385. The van der Waals surface area contributed by atoms with Crippen molar-refractivity contribution in [3.8, 4) is 0 Å².